The molecular formula is C17H17N3O4. The van der Waals surface area contributed by atoms with Gasteiger partial charge in [0.05, 0.1) is 11.2 Å². The topological polar surface area (TPSA) is 79.8 Å². The highest BCUT2D eigenvalue weighted by molar-refractivity contribution is 5.91. The van der Waals surface area contributed by atoms with Crippen molar-refractivity contribution in [2.24, 2.45) is 0 Å². The van der Waals surface area contributed by atoms with Crippen LogP contribution in [0.25, 0.3) is 6.08 Å². The molecule has 3 rings (SSSR count). The maximum atomic E-state index is 12.2. The summed E-state index contributed by atoms with van der Waals surface area (Å²) in [7, 11) is 0. The molecule has 0 N–H and O–H groups in total. The van der Waals surface area contributed by atoms with E-state index in [1.807, 2.05) is 0 Å². The number of carbonyl (C=O) groups excluding carboxylic acids is 1. The molecule has 0 saturated carbocycles. The van der Waals surface area contributed by atoms with Crippen molar-refractivity contribution < 1.29 is 14.1 Å². The third-order valence-corrected chi connectivity index (χ3v) is 3.95. The van der Waals surface area contributed by atoms with Gasteiger partial charge in [-0.15, -0.1) is 0 Å². The number of nitrogens with zero attached hydrogens (tertiary/aromatic N) is 3. The van der Waals surface area contributed by atoms with Gasteiger partial charge in [-0.1, -0.05) is 0 Å². The molecule has 2 aromatic rings. The molecule has 1 aliphatic heterocycles. The Kier molecular flexibility index (Phi) is 4.60. The molecule has 1 saturated heterocycles. The van der Waals surface area contributed by atoms with Crippen molar-refractivity contribution in [1.82, 2.24) is 4.90 Å². The van der Waals surface area contributed by atoms with Crippen LogP contribution in [0.2, 0.25) is 0 Å². The Morgan fingerprint density at radius 1 is 1.12 bits per heavy atom. The third kappa shape index (κ3) is 3.62. The second-order valence-electron chi connectivity index (χ2n) is 5.43. The number of piperazine rings is 1. The Labute approximate surface area is 138 Å². The number of anilines is 1. The summed E-state index contributed by atoms with van der Waals surface area (Å²) in [5.74, 6) is 0.600. The fourth-order valence-electron chi connectivity index (χ4n) is 2.62. The first-order valence-electron chi connectivity index (χ1n) is 7.63. The van der Waals surface area contributed by atoms with E-state index in [0.717, 1.165) is 5.69 Å². The van der Waals surface area contributed by atoms with Crippen LogP contribution < -0.4 is 4.90 Å². The van der Waals surface area contributed by atoms with Crippen LogP contribution in [0.3, 0.4) is 0 Å². The zero-order valence-electron chi connectivity index (χ0n) is 13.0. The van der Waals surface area contributed by atoms with Crippen molar-refractivity contribution in [2.75, 3.05) is 31.1 Å². The van der Waals surface area contributed by atoms with Crippen LogP contribution in [0.15, 0.2) is 53.2 Å². The molecule has 0 atom stereocenters. The van der Waals surface area contributed by atoms with E-state index >= 15 is 0 Å². The Balaban J connectivity index is 1.55. The molecule has 1 aromatic carbocycles. The highest BCUT2D eigenvalue weighted by atomic mass is 16.6. The van der Waals surface area contributed by atoms with Gasteiger partial charge in [0.1, 0.15) is 5.76 Å². The smallest absolute Gasteiger partial charge is 0.269 e. The first-order valence-corrected chi connectivity index (χ1v) is 7.63. The molecular weight excluding hydrogens is 310 g/mol. The summed E-state index contributed by atoms with van der Waals surface area (Å²) in [6.45, 7) is 2.60. The summed E-state index contributed by atoms with van der Waals surface area (Å²) < 4.78 is 5.16. The van der Waals surface area contributed by atoms with E-state index in [4.69, 9.17) is 4.42 Å². The van der Waals surface area contributed by atoms with Gasteiger partial charge < -0.3 is 14.2 Å². The molecule has 124 valence electrons. The lowest BCUT2D eigenvalue weighted by atomic mass is 10.2. The molecule has 7 heteroatoms. The third-order valence-electron chi connectivity index (χ3n) is 3.95. The number of hydrogen-bond donors (Lipinski definition) is 0. The Morgan fingerprint density at radius 3 is 2.42 bits per heavy atom. The molecule has 0 radical (unpaired) electrons. The summed E-state index contributed by atoms with van der Waals surface area (Å²) in [5, 5.41) is 10.7. The first-order chi connectivity index (χ1) is 11.6. The number of nitro groups is 1. The number of nitro benzene ring substituents is 1. The van der Waals surface area contributed by atoms with E-state index in [-0.39, 0.29) is 11.6 Å². The van der Waals surface area contributed by atoms with E-state index in [9.17, 15) is 14.9 Å². The number of non-ortho nitro benzene ring substituents is 1. The predicted molar refractivity (Wildman–Crippen MR) is 89.6 cm³/mol. The number of amides is 1. The minimum atomic E-state index is -0.411. The SMILES string of the molecule is O=C(C=Cc1ccco1)N1CCN(c2ccc([N+](=O)[O-])cc2)CC1. The molecule has 1 amide bonds. The second kappa shape index (κ2) is 6.99. The van der Waals surface area contributed by atoms with E-state index in [1.165, 1.54) is 18.2 Å². The van der Waals surface area contributed by atoms with Gasteiger partial charge in [0.2, 0.25) is 5.91 Å². The zero-order valence-corrected chi connectivity index (χ0v) is 13.0. The van der Waals surface area contributed by atoms with Crippen LogP contribution in [0, 0.1) is 10.1 Å². The summed E-state index contributed by atoms with van der Waals surface area (Å²) in [6.07, 6.45) is 4.73. The van der Waals surface area contributed by atoms with Crippen LogP contribution in [-0.4, -0.2) is 41.9 Å². The molecule has 1 fully saturated rings. The Bertz CT molecular complexity index is 730. The van der Waals surface area contributed by atoms with Crippen molar-refractivity contribution in [3.05, 3.63) is 64.6 Å². The fraction of sp³-hybridized carbons (Fsp3) is 0.235. The van der Waals surface area contributed by atoms with Crippen molar-refractivity contribution >= 4 is 23.4 Å². The first kappa shape index (κ1) is 15.8. The van der Waals surface area contributed by atoms with Crippen LogP contribution in [0.1, 0.15) is 5.76 Å². The van der Waals surface area contributed by atoms with Gasteiger partial charge in [-0.25, -0.2) is 0 Å². The minimum absolute atomic E-state index is 0.0465. The van der Waals surface area contributed by atoms with Gasteiger partial charge in [-0.3, -0.25) is 14.9 Å². The molecule has 2 heterocycles. The van der Waals surface area contributed by atoms with Crippen LogP contribution in [0.5, 0.6) is 0 Å². The van der Waals surface area contributed by atoms with Crippen molar-refractivity contribution in [3.8, 4) is 0 Å². The van der Waals surface area contributed by atoms with Gasteiger partial charge in [-0.05, 0) is 30.3 Å². The maximum Gasteiger partial charge on any atom is 0.269 e. The highest BCUT2D eigenvalue weighted by Gasteiger charge is 2.20. The van der Waals surface area contributed by atoms with Crippen molar-refractivity contribution in [3.63, 3.8) is 0 Å². The average molecular weight is 327 g/mol. The predicted octanol–water partition coefficient (Wildman–Crippen LogP) is 2.55. The maximum absolute atomic E-state index is 12.2. The molecule has 0 spiro atoms. The van der Waals surface area contributed by atoms with Crippen LogP contribution in [-0.2, 0) is 4.79 Å². The summed E-state index contributed by atoms with van der Waals surface area (Å²) in [5.41, 5.74) is 1.01. The van der Waals surface area contributed by atoms with Gasteiger partial charge >= 0.3 is 0 Å². The van der Waals surface area contributed by atoms with Gasteiger partial charge in [0.25, 0.3) is 5.69 Å². The van der Waals surface area contributed by atoms with E-state index < -0.39 is 4.92 Å². The lowest BCUT2D eigenvalue weighted by Gasteiger charge is -2.35. The van der Waals surface area contributed by atoms with Crippen molar-refractivity contribution in [2.45, 2.75) is 0 Å². The number of benzene rings is 1. The number of furan rings is 1. The van der Waals surface area contributed by atoms with E-state index in [2.05, 4.69) is 4.90 Å². The van der Waals surface area contributed by atoms with Crippen LogP contribution >= 0.6 is 0 Å². The van der Waals surface area contributed by atoms with E-state index in [0.29, 0.717) is 31.9 Å². The largest absolute Gasteiger partial charge is 0.465 e. The highest BCUT2D eigenvalue weighted by Crippen LogP contribution is 2.20. The summed E-state index contributed by atoms with van der Waals surface area (Å²) in [6, 6.07) is 10.0. The summed E-state index contributed by atoms with van der Waals surface area (Å²) in [4.78, 5) is 26.3. The standard InChI is InChI=1S/C17H17N3O4/c21-17(8-7-16-2-1-13-24-16)19-11-9-18(10-12-19)14-3-5-15(6-4-14)20(22)23/h1-8,13H,9-12H2. The number of carbonyl (C=O) groups is 1. The number of rotatable bonds is 4. The molecule has 7 nitrogen and oxygen atoms in total. The molecule has 0 unspecified atom stereocenters. The van der Waals surface area contributed by atoms with Crippen LogP contribution in [0.4, 0.5) is 11.4 Å². The Hall–Kier alpha value is -3.09. The van der Waals surface area contributed by atoms with Gasteiger partial charge in [-0.2, -0.15) is 0 Å². The normalized spacial score (nSPS) is 15.0. The molecule has 1 aromatic heterocycles. The summed E-state index contributed by atoms with van der Waals surface area (Å²) >= 11 is 0. The van der Waals surface area contributed by atoms with E-state index in [1.54, 1.807) is 41.5 Å². The fourth-order valence-corrected chi connectivity index (χ4v) is 2.62. The lowest BCUT2D eigenvalue weighted by molar-refractivity contribution is -0.384. The lowest BCUT2D eigenvalue weighted by Crippen LogP contribution is -2.48. The van der Waals surface area contributed by atoms with Gasteiger partial charge in [0.15, 0.2) is 0 Å². The zero-order chi connectivity index (χ0) is 16.9. The molecule has 1 aliphatic rings. The molecule has 0 bridgehead atoms. The minimum Gasteiger partial charge on any atom is -0.465 e. The van der Waals surface area contributed by atoms with Crippen molar-refractivity contribution in [1.29, 1.82) is 0 Å². The second-order valence-corrected chi connectivity index (χ2v) is 5.43. The monoisotopic (exact) mass is 327 g/mol. The molecule has 0 aliphatic carbocycles. The Morgan fingerprint density at radius 2 is 1.83 bits per heavy atom. The number of hydrogen-bond acceptors (Lipinski definition) is 5. The molecule has 24 heavy (non-hydrogen) atoms. The van der Waals surface area contributed by atoms with Gasteiger partial charge in [0, 0.05) is 50.1 Å². The quantitative estimate of drug-likeness (QED) is 0.490. The average Bonchev–Trinajstić information content (AvgIpc) is 3.13.